The van der Waals surface area contributed by atoms with E-state index in [1.165, 1.54) is 6.33 Å². The maximum Gasteiger partial charge on any atom is 0.166 e. The van der Waals surface area contributed by atoms with Crippen LogP contribution in [0.4, 0.5) is 0 Å². The Morgan fingerprint density at radius 3 is 2.88 bits per heavy atom. The molecule has 16 heavy (non-hydrogen) atoms. The summed E-state index contributed by atoms with van der Waals surface area (Å²) in [5, 5.41) is 8.89. The van der Waals surface area contributed by atoms with Crippen molar-refractivity contribution in [2.24, 2.45) is 0 Å². The van der Waals surface area contributed by atoms with Crippen LogP contribution in [-0.4, -0.2) is 19.9 Å². The van der Waals surface area contributed by atoms with Crippen molar-refractivity contribution >= 4 is 11.0 Å². The highest BCUT2D eigenvalue weighted by atomic mass is 14.9. The SMILES string of the molecule is N#Cc1nc[nH]c1-c1ccc2nc[nH]c2c1. The first-order valence-electron chi connectivity index (χ1n) is 4.75. The van der Waals surface area contributed by atoms with Gasteiger partial charge in [-0.15, -0.1) is 0 Å². The van der Waals surface area contributed by atoms with Gasteiger partial charge in [0.1, 0.15) is 6.07 Å². The van der Waals surface area contributed by atoms with Gasteiger partial charge in [-0.2, -0.15) is 5.26 Å². The summed E-state index contributed by atoms with van der Waals surface area (Å²) in [5.41, 5.74) is 3.90. The molecule has 5 nitrogen and oxygen atoms in total. The molecule has 1 aromatic carbocycles. The summed E-state index contributed by atoms with van der Waals surface area (Å²) < 4.78 is 0. The van der Waals surface area contributed by atoms with Crippen LogP contribution in [0.25, 0.3) is 22.3 Å². The summed E-state index contributed by atoms with van der Waals surface area (Å²) in [7, 11) is 0. The minimum Gasteiger partial charge on any atom is -0.345 e. The van der Waals surface area contributed by atoms with E-state index in [4.69, 9.17) is 5.26 Å². The second-order valence-electron chi connectivity index (χ2n) is 3.37. The molecule has 0 aliphatic carbocycles. The molecule has 2 N–H and O–H groups in total. The molecule has 0 amide bonds. The molecule has 2 heterocycles. The van der Waals surface area contributed by atoms with E-state index < -0.39 is 0 Å². The number of benzene rings is 1. The Hall–Kier alpha value is -2.61. The second kappa shape index (κ2) is 3.21. The average Bonchev–Trinajstić information content (AvgIpc) is 2.96. The first-order chi connectivity index (χ1) is 7.88. The van der Waals surface area contributed by atoms with E-state index in [9.17, 15) is 0 Å². The molecule has 0 saturated carbocycles. The number of hydrogen-bond donors (Lipinski definition) is 2. The summed E-state index contributed by atoms with van der Waals surface area (Å²) in [5.74, 6) is 0. The Morgan fingerprint density at radius 1 is 1.12 bits per heavy atom. The van der Waals surface area contributed by atoms with Gasteiger partial charge in [0, 0.05) is 5.56 Å². The lowest BCUT2D eigenvalue weighted by Gasteiger charge is -1.97. The largest absolute Gasteiger partial charge is 0.345 e. The number of aromatic nitrogens is 4. The maximum atomic E-state index is 8.89. The summed E-state index contributed by atoms with van der Waals surface area (Å²) in [6, 6.07) is 7.81. The number of hydrogen-bond acceptors (Lipinski definition) is 3. The summed E-state index contributed by atoms with van der Waals surface area (Å²) in [4.78, 5) is 14.1. The van der Waals surface area contributed by atoms with Crippen LogP contribution in [0, 0.1) is 11.3 Å². The molecule has 3 aromatic rings. The number of nitriles is 1. The minimum atomic E-state index is 0.402. The Bertz CT molecular complexity index is 686. The number of rotatable bonds is 1. The van der Waals surface area contributed by atoms with E-state index in [0.717, 1.165) is 22.3 Å². The topological polar surface area (TPSA) is 81.2 Å². The fraction of sp³-hybridized carbons (Fsp3) is 0. The molecular weight excluding hydrogens is 202 g/mol. The molecule has 2 aromatic heterocycles. The van der Waals surface area contributed by atoms with Crippen LogP contribution in [0.15, 0.2) is 30.9 Å². The molecule has 0 spiro atoms. The third kappa shape index (κ3) is 1.17. The van der Waals surface area contributed by atoms with Gasteiger partial charge in [-0.05, 0) is 12.1 Å². The van der Waals surface area contributed by atoms with E-state index >= 15 is 0 Å². The fourth-order valence-electron chi connectivity index (χ4n) is 1.69. The molecule has 0 unspecified atom stereocenters. The van der Waals surface area contributed by atoms with Crippen molar-refractivity contribution in [2.75, 3.05) is 0 Å². The number of aromatic amines is 2. The van der Waals surface area contributed by atoms with Gasteiger partial charge in [-0.3, -0.25) is 0 Å². The lowest BCUT2D eigenvalue weighted by molar-refractivity contribution is 1.29. The number of fused-ring (bicyclic) bond motifs is 1. The molecule has 5 heteroatoms. The Labute approximate surface area is 90.8 Å². The van der Waals surface area contributed by atoms with Gasteiger partial charge in [0.05, 0.1) is 29.4 Å². The lowest BCUT2D eigenvalue weighted by atomic mass is 10.1. The van der Waals surface area contributed by atoms with Gasteiger partial charge in [0.15, 0.2) is 5.69 Å². The van der Waals surface area contributed by atoms with Crippen molar-refractivity contribution in [3.05, 3.63) is 36.5 Å². The van der Waals surface area contributed by atoms with Crippen LogP contribution in [-0.2, 0) is 0 Å². The minimum absolute atomic E-state index is 0.402. The van der Waals surface area contributed by atoms with E-state index in [1.54, 1.807) is 6.33 Å². The Kier molecular flexibility index (Phi) is 1.74. The van der Waals surface area contributed by atoms with Crippen LogP contribution < -0.4 is 0 Å². The predicted molar refractivity (Wildman–Crippen MR) is 58.4 cm³/mol. The average molecular weight is 209 g/mol. The highest BCUT2D eigenvalue weighted by molar-refractivity contribution is 5.81. The zero-order chi connectivity index (χ0) is 11.0. The van der Waals surface area contributed by atoms with Crippen molar-refractivity contribution in [2.45, 2.75) is 0 Å². The molecule has 0 radical (unpaired) electrons. The van der Waals surface area contributed by atoms with Gasteiger partial charge in [-0.25, -0.2) is 9.97 Å². The quantitative estimate of drug-likeness (QED) is 0.641. The summed E-state index contributed by atoms with van der Waals surface area (Å²) >= 11 is 0. The van der Waals surface area contributed by atoms with Gasteiger partial charge in [-0.1, -0.05) is 6.07 Å². The van der Waals surface area contributed by atoms with E-state index in [0.29, 0.717) is 5.69 Å². The second-order valence-corrected chi connectivity index (χ2v) is 3.37. The predicted octanol–water partition coefficient (Wildman–Crippen LogP) is 1.82. The van der Waals surface area contributed by atoms with Gasteiger partial charge < -0.3 is 9.97 Å². The van der Waals surface area contributed by atoms with E-state index in [2.05, 4.69) is 19.9 Å². The number of imidazole rings is 2. The third-order valence-corrected chi connectivity index (χ3v) is 2.45. The first-order valence-corrected chi connectivity index (χ1v) is 4.75. The molecule has 0 aliphatic rings. The molecule has 0 bridgehead atoms. The fourth-order valence-corrected chi connectivity index (χ4v) is 1.69. The zero-order valence-electron chi connectivity index (χ0n) is 8.23. The lowest BCUT2D eigenvalue weighted by Crippen LogP contribution is -1.82. The first kappa shape index (κ1) is 8.68. The van der Waals surface area contributed by atoms with Crippen LogP contribution in [0.1, 0.15) is 5.69 Å². The van der Waals surface area contributed by atoms with E-state index in [-0.39, 0.29) is 0 Å². The maximum absolute atomic E-state index is 8.89. The van der Waals surface area contributed by atoms with Crippen molar-refractivity contribution < 1.29 is 0 Å². The van der Waals surface area contributed by atoms with Crippen molar-refractivity contribution in [3.63, 3.8) is 0 Å². The van der Waals surface area contributed by atoms with Crippen LogP contribution >= 0.6 is 0 Å². The Morgan fingerprint density at radius 2 is 2.00 bits per heavy atom. The molecule has 0 atom stereocenters. The molecule has 76 valence electrons. The van der Waals surface area contributed by atoms with Crippen molar-refractivity contribution in [3.8, 4) is 17.3 Å². The highest BCUT2D eigenvalue weighted by Gasteiger charge is 2.08. The normalized spacial score (nSPS) is 10.4. The van der Waals surface area contributed by atoms with Crippen molar-refractivity contribution in [1.82, 2.24) is 19.9 Å². The molecule has 0 fully saturated rings. The van der Waals surface area contributed by atoms with Gasteiger partial charge in [0.25, 0.3) is 0 Å². The van der Waals surface area contributed by atoms with Crippen molar-refractivity contribution in [1.29, 1.82) is 5.26 Å². The highest BCUT2D eigenvalue weighted by Crippen LogP contribution is 2.22. The van der Waals surface area contributed by atoms with E-state index in [1.807, 2.05) is 24.3 Å². The number of H-pyrrole nitrogens is 2. The molecular formula is C11H7N5. The van der Waals surface area contributed by atoms with Gasteiger partial charge in [0.2, 0.25) is 0 Å². The van der Waals surface area contributed by atoms with Crippen LogP contribution in [0.5, 0.6) is 0 Å². The molecule has 3 rings (SSSR count). The van der Waals surface area contributed by atoms with Crippen LogP contribution in [0.2, 0.25) is 0 Å². The Balaban J connectivity index is 2.22. The zero-order valence-corrected chi connectivity index (χ0v) is 8.23. The molecule has 0 aliphatic heterocycles. The smallest absolute Gasteiger partial charge is 0.166 e. The summed E-state index contributed by atoms with van der Waals surface area (Å²) in [6.07, 6.45) is 3.16. The summed E-state index contributed by atoms with van der Waals surface area (Å²) in [6.45, 7) is 0. The van der Waals surface area contributed by atoms with Gasteiger partial charge >= 0.3 is 0 Å². The number of nitrogens with one attached hydrogen (secondary N) is 2. The molecule has 0 saturated heterocycles. The number of nitrogens with zero attached hydrogens (tertiary/aromatic N) is 3. The monoisotopic (exact) mass is 209 g/mol. The van der Waals surface area contributed by atoms with Crippen LogP contribution in [0.3, 0.4) is 0 Å². The standard InChI is InChI=1S/C11H7N5/c12-4-10-11(16-6-15-10)7-1-2-8-9(3-7)14-5-13-8/h1-3,5-6H,(H,13,14)(H,15,16). The third-order valence-electron chi connectivity index (χ3n) is 2.45.